The minimum atomic E-state index is -0.691. The van der Waals surface area contributed by atoms with E-state index in [0.717, 1.165) is 48.0 Å². The molecule has 0 spiro atoms. The van der Waals surface area contributed by atoms with E-state index in [0.29, 0.717) is 5.56 Å². The van der Waals surface area contributed by atoms with Crippen LogP contribution in [-0.2, 0) is 10.3 Å². The summed E-state index contributed by atoms with van der Waals surface area (Å²) < 4.78 is 0. The van der Waals surface area contributed by atoms with E-state index in [2.05, 4.69) is 29.3 Å². The number of nitriles is 1. The highest BCUT2D eigenvalue weighted by atomic mass is 32.1. The van der Waals surface area contributed by atoms with Crippen molar-refractivity contribution in [2.45, 2.75) is 57.0 Å². The van der Waals surface area contributed by atoms with Crippen molar-refractivity contribution in [3.63, 3.8) is 0 Å². The highest BCUT2D eigenvalue weighted by Gasteiger charge is 2.51. The molecule has 0 unspecified atom stereocenters. The zero-order chi connectivity index (χ0) is 23.9. The fourth-order valence-corrected chi connectivity index (χ4v) is 7.29. The number of nitrogens with two attached hydrogens (primary N) is 1. The zero-order valence-electron chi connectivity index (χ0n) is 20.0. The van der Waals surface area contributed by atoms with Crippen LogP contribution in [0.2, 0.25) is 0 Å². The van der Waals surface area contributed by atoms with Crippen molar-refractivity contribution in [2.24, 2.45) is 22.6 Å². The SMILES string of the molecule is CN1C(=O)[C@H](C2CCN(C3CCCC3)CC2)[C@@](C)(c2cc(-c3cccc(C#N)c3)cs2)N=C1N. The van der Waals surface area contributed by atoms with Crippen LogP contribution >= 0.6 is 11.3 Å². The summed E-state index contributed by atoms with van der Waals surface area (Å²) in [6.07, 6.45) is 7.38. The molecule has 1 saturated heterocycles. The van der Waals surface area contributed by atoms with Gasteiger partial charge in [-0.15, -0.1) is 11.3 Å². The third-order valence-electron chi connectivity index (χ3n) is 8.20. The molecule has 2 N–H and O–H groups in total. The molecule has 3 aliphatic rings. The fourth-order valence-electron chi connectivity index (χ4n) is 6.22. The van der Waals surface area contributed by atoms with Crippen LogP contribution in [0.15, 0.2) is 40.7 Å². The molecule has 1 saturated carbocycles. The molecule has 7 heteroatoms. The van der Waals surface area contributed by atoms with Crippen LogP contribution in [-0.4, -0.2) is 47.8 Å². The minimum Gasteiger partial charge on any atom is -0.369 e. The van der Waals surface area contributed by atoms with Gasteiger partial charge in [0.25, 0.3) is 0 Å². The predicted octanol–water partition coefficient (Wildman–Crippen LogP) is 4.56. The van der Waals surface area contributed by atoms with E-state index >= 15 is 0 Å². The lowest BCUT2D eigenvalue weighted by molar-refractivity contribution is -0.137. The minimum absolute atomic E-state index is 0.0794. The fraction of sp³-hybridized carbons (Fsp3) is 0.519. The molecular formula is C27H33N5OS. The molecule has 0 radical (unpaired) electrons. The van der Waals surface area contributed by atoms with Gasteiger partial charge in [-0.05, 0) is 86.3 Å². The number of guanidine groups is 1. The Bertz CT molecular complexity index is 1140. The molecule has 1 amide bonds. The molecule has 2 aliphatic heterocycles. The standard InChI is InChI=1S/C27H33N5OS/c1-27(23-15-21(17-34-23)20-7-5-6-18(14-20)16-28)24(25(33)31(2)26(29)30-27)19-10-12-32(13-11-19)22-8-3-4-9-22/h5-7,14-15,17,19,22,24H,3-4,8-13H2,1-2H3,(H2,29,30)/t24-,27+/m0/s1. The first-order chi connectivity index (χ1) is 16.4. The molecule has 6 nitrogen and oxygen atoms in total. The first-order valence-corrected chi connectivity index (χ1v) is 13.2. The van der Waals surface area contributed by atoms with Gasteiger partial charge in [0.05, 0.1) is 17.6 Å². The van der Waals surface area contributed by atoms with E-state index in [1.165, 1.54) is 25.7 Å². The van der Waals surface area contributed by atoms with Gasteiger partial charge >= 0.3 is 0 Å². The number of rotatable bonds is 4. The Morgan fingerprint density at radius 2 is 1.88 bits per heavy atom. The molecule has 178 valence electrons. The number of nitrogens with zero attached hydrogens (tertiary/aromatic N) is 4. The number of benzene rings is 1. The van der Waals surface area contributed by atoms with Gasteiger partial charge in [0.15, 0.2) is 5.96 Å². The Balaban J connectivity index is 1.45. The third-order valence-corrected chi connectivity index (χ3v) is 9.36. The van der Waals surface area contributed by atoms with Crippen molar-refractivity contribution in [3.05, 3.63) is 46.2 Å². The van der Waals surface area contributed by atoms with Crippen LogP contribution in [0.3, 0.4) is 0 Å². The number of piperidine rings is 1. The van der Waals surface area contributed by atoms with Crippen LogP contribution < -0.4 is 5.73 Å². The first kappa shape index (κ1) is 23.1. The summed E-state index contributed by atoms with van der Waals surface area (Å²) in [5, 5.41) is 11.4. The van der Waals surface area contributed by atoms with E-state index in [1.54, 1.807) is 23.3 Å². The predicted molar refractivity (Wildman–Crippen MR) is 136 cm³/mol. The number of aliphatic imine (C=N–C) groups is 1. The lowest BCUT2D eigenvalue weighted by Gasteiger charge is -2.46. The number of likely N-dealkylation sites (tertiary alicyclic amines) is 1. The van der Waals surface area contributed by atoms with Crippen molar-refractivity contribution in [2.75, 3.05) is 20.1 Å². The van der Waals surface area contributed by atoms with Crippen LogP contribution in [0.1, 0.15) is 55.9 Å². The second-order valence-electron chi connectivity index (χ2n) is 10.2. The number of amides is 1. The van der Waals surface area contributed by atoms with E-state index in [4.69, 9.17) is 10.7 Å². The topological polar surface area (TPSA) is 85.7 Å². The Kier molecular flexibility index (Phi) is 6.22. The van der Waals surface area contributed by atoms with E-state index in [-0.39, 0.29) is 23.7 Å². The molecule has 2 atom stereocenters. The van der Waals surface area contributed by atoms with Gasteiger partial charge in [-0.2, -0.15) is 5.26 Å². The van der Waals surface area contributed by atoms with Crippen molar-refractivity contribution >= 4 is 23.2 Å². The smallest absolute Gasteiger partial charge is 0.235 e. The van der Waals surface area contributed by atoms with Gasteiger partial charge in [-0.1, -0.05) is 25.0 Å². The highest BCUT2D eigenvalue weighted by molar-refractivity contribution is 7.10. The Morgan fingerprint density at radius 3 is 2.59 bits per heavy atom. The van der Waals surface area contributed by atoms with E-state index < -0.39 is 5.54 Å². The van der Waals surface area contributed by atoms with Gasteiger partial charge in [-0.25, -0.2) is 4.99 Å². The van der Waals surface area contributed by atoms with Gasteiger partial charge in [0, 0.05) is 18.0 Å². The van der Waals surface area contributed by atoms with E-state index in [1.807, 2.05) is 24.3 Å². The second-order valence-corrected chi connectivity index (χ2v) is 11.1. The molecule has 0 bridgehead atoms. The highest BCUT2D eigenvalue weighted by Crippen LogP contribution is 2.47. The van der Waals surface area contributed by atoms with Crippen molar-refractivity contribution in [3.8, 4) is 17.2 Å². The maximum Gasteiger partial charge on any atom is 0.235 e. The first-order valence-electron chi connectivity index (χ1n) is 12.4. The Morgan fingerprint density at radius 1 is 1.15 bits per heavy atom. The van der Waals surface area contributed by atoms with Gasteiger partial charge < -0.3 is 10.6 Å². The Labute approximate surface area is 206 Å². The summed E-state index contributed by atoms with van der Waals surface area (Å²) in [5.41, 5.74) is 8.25. The number of carbonyl (C=O) groups is 1. The zero-order valence-corrected chi connectivity index (χ0v) is 20.9. The number of thiophene rings is 1. The average molecular weight is 476 g/mol. The van der Waals surface area contributed by atoms with Crippen LogP contribution in [0.4, 0.5) is 0 Å². The maximum absolute atomic E-state index is 13.6. The van der Waals surface area contributed by atoms with Crippen molar-refractivity contribution in [1.29, 1.82) is 5.26 Å². The lowest BCUT2D eigenvalue weighted by atomic mass is 9.70. The monoisotopic (exact) mass is 475 g/mol. The van der Waals surface area contributed by atoms with Crippen LogP contribution in [0.25, 0.3) is 11.1 Å². The molecule has 2 aromatic rings. The average Bonchev–Trinajstić information content (AvgIpc) is 3.56. The molecule has 1 aliphatic carbocycles. The van der Waals surface area contributed by atoms with Crippen molar-refractivity contribution in [1.82, 2.24) is 9.80 Å². The molecule has 5 rings (SSSR count). The normalized spacial score (nSPS) is 27.1. The summed E-state index contributed by atoms with van der Waals surface area (Å²) >= 11 is 1.63. The molecule has 1 aromatic heterocycles. The van der Waals surface area contributed by atoms with Gasteiger partial charge in [0.2, 0.25) is 5.91 Å². The summed E-state index contributed by atoms with van der Waals surface area (Å²) in [6, 6.07) is 12.7. The molecule has 2 fully saturated rings. The van der Waals surface area contributed by atoms with Crippen molar-refractivity contribution < 1.29 is 4.79 Å². The maximum atomic E-state index is 13.6. The van der Waals surface area contributed by atoms with Gasteiger partial charge in [-0.3, -0.25) is 9.69 Å². The number of hydrogen-bond donors (Lipinski definition) is 1. The number of hydrogen-bond acceptors (Lipinski definition) is 6. The molecule has 3 heterocycles. The molecule has 1 aromatic carbocycles. The van der Waals surface area contributed by atoms with Crippen LogP contribution in [0, 0.1) is 23.2 Å². The molecule has 34 heavy (non-hydrogen) atoms. The van der Waals surface area contributed by atoms with E-state index in [9.17, 15) is 10.1 Å². The lowest BCUT2D eigenvalue weighted by Crippen LogP contribution is -2.57. The summed E-state index contributed by atoms with van der Waals surface area (Å²) in [5.74, 6) is 0.415. The Hall–Kier alpha value is -2.69. The van der Waals surface area contributed by atoms with Crippen LogP contribution in [0.5, 0.6) is 0 Å². The quantitative estimate of drug-likeness (QED) is 0.702. The molecular weight excluding hydrogens is 442 g/mol. The second kappa shape index (κ2) is 9.16. The summed E-state index contributed by atoms with van der Waals surface area (Å²) in [6.45, 7) is 4.21. The largest absolute Gasteiger partial charge is 0.369 e. The number of carbonyl (C=O) groups excluding carboxylic acids is 1. The van der Waals surface area contributed by atoms with Gasteiger partial charge in [0.1, 0.15) is 5.54 Å². The third kappa shape index (κ3) is 4.03. The summed E-state index contributed by atoms with van der Waals surface area (Å²) in [4.78, 5) is 23.8. The summed E-state index contributed by atoms with van der Waals surface area (Å²) in [7, 11) is 1.74.